The SMILES string of the molecule is Cc1ccc(Nc2ncc3ccc(N)cc3n2)c(N2CCN(C)CC2)c1. The molecule has 1 aromatic heterocycles. The minimum absolute atomic E-state index is 0.585. The number of fused-ring (bicyclic) bond motifs is 1. The number of anilines is 4. The van der Waals surface area contributed by atoms with Crippen LogP contribution in [0.4, 0.5) is 23.0 Å². The molecule has 0 atom stereocenters. The molecule has 26 heavy (non-hydrogen) atoms. The second-order valence-corrected chi connectivity index (χ2v) is 6.95. The smallest absolute Gasteiger partial charge is 0.227 e. The fourth-order valence-corrected chi connectivity index (χ4v) is 3.28. The number of hydrogen-bond acceptors (Lipinski definition) is 6. The summed E-state index contributed by atoms with van der Waals surface area (Å²) < 4.78 is 0. The highest BCUT2D eigenvalue weighted by Gasteiger charge is 2.17. The van der Waals surface area contributed by atoms with Gasteiger partial charge in [0.15, 0.2) is 0 Å². The van der Waals surface area contributed by atoms with Crippen LogP contribution >= 0.6 is 0 Å². The summed E-state index contributed by atoms with van der Waals surface area (Å²) in [6.07, 6.45) is 1.83. The highest BCUT2D eigenvalue weighted by atomic mass is 15.3. The maximum atomic E-state index is 5.88. The molecule has 0 bridgehead atoms. The fourth-order valence-electron chi connectivity index (χ4n) is 3.28. The molecule has 0 spiro atoms. The largest absolute Gasteiger partial charge is 0.399 e. The molecule has 1 fully saturated rings. The first-order valence-corrected chi connectivity index (χ1v) is 8.92. The molecule has 134 valence electrons. The average Bonchev–Trinajstić information content (AvgIpc) is 2.63. The highest BCUT2D eigenvalue weighted by molar-refractivity contribution is 5.83. The highest BCUT2D eigenvalue weighted by Crippen LogP contribution is 2.30. The zero-order valence-electron chi connectivity index (χ0n) is 15.2. The Labute approximate surface area is 153 Å². The van der Waals surface area contributed by atoms with E-state index in [1.165, 1.54) is 11.3 Å². The standard InChI is InChI=1S/C20H24N6/c1-14-3-6-17(19(11-14)26-9-7-25(2)8-10-26)23-20-22-13-15-4-5-16(21)12-18(15)24-20/h3-6,11-13H,7-10,21H2,1-2H3,(H,22,23,24). The lowest BCUT2D eigenvalue weighted by Gasteiger charge is -2.35. The normalized spacial score (nSPS) is 15.4. The third-order valence-electron chi connectivity index (χ3n) is 4.85. The Bertz CT molecular complexity index is 931. The van der Waals surface area contributed by atoms with Gasteiger partial charge in [0.1, 0.15) is 0 Å². The Balaban J connectivity index is 1.65. The summed E-state index contributed by atoms with van der Waals surface area (Å²) in [5.74, 6) is 0.585. The molecule has 3 aromatic rings. The second kappa shape index (κ2) is 6.80. The Hall–Kier alpha value is -2.86. The van der Waals surface area contributed by atoms with Crippen LogP contribution in [0.1, 0.15) is 5.56 Å². The van der Waals surface area contributed by atoms with Gasteiger partial charge in [-0.1, -0.05) is 6.07 Å². The lowest BCUT2D eigenvalue weighted by molar-refractivity contribution is 0.313. The number of aromatic nitrogens is 2. The molecule has 3 N–H and O–H groups in total. The number of nitrogen functional groups attached to an aromatic ring is 1. The zero-order valence-corrected chi connectivity index (χ0v) is 15.2. The molecule has 1 aliphatic rings. The third-order valence-corrected chi connectivity index (χ3v) is 4.85. The number of nitrogens with two attached hydrogens (primary N) is 1. The van der Waals surface area contributed by atoms with Crippen molar-refractivity contribution in [1.29, 1.82) is 0 Å². The van der Waals surface area contributed by atoms with Crippen molar-refractivity contribution >= 4 is 33.9 Å². The average molecular weight is 348 g/mol. The number of likely N-dealkylation sites (N-methyl/N-ethyl adjacent to an activating group) is 1. The van der Waals surface area contributed by atoms with Crippen molar-refractivity contribution in [2.45, 2.75) is 6.92 Å². The summed E-state index contributed by atoms with van der Waals surface area (Å²) in [5, 5.41) is 4.38. The van der Waals surface area contributed by atoms with Crippen LogP contribution in [0.3, 0.4) is 0 Å². The quantitative estimate of drug-likeness (QED) is 0.709. The molecular formula is C20H24N6. The number of piperazine rings is 1. The van der Waals surface area contributed by atoms with Gasteiger partial charge in [-0.05, 0) is 49.9 Å². The van der Waals surface area contributed by atoms with Crippen LogP contribution in [-0.4, -0.2) is 48.1 Å². The van der Waals surface area contributed by atoms with Crippen molar-refractivity contribution in [2.75, 3.05) is 49.2 Å². The molecule has 1 saturated heterocycles. The molecule has 6 nitrogen and oxygen atoms in total. The van der Waals surface area contributed by atoms with Crippen LogP contribution in [0, 0.1) is 6.92 Å². The zero-order chi connectivity index (χ0) is 18.1. The minimum atomic E-state index is 0.585. The maximum absolute atomic E-state index is 5.88. The van der Waals surface area contributed by atoms with Crippen LogP contribution in [0.15, 0.2) is 42.6 Å². The number of hydrogen-bond donors (Lipinski definition) is 2. The second-order valence-electron chi connectivity index (χ2n) is 6.95. The molecule has 6 heteroatoms. The summed E-state index contributed by atoms with van der Waals surface area (Å²) in [4.78, 5) is 13.9. The van der Waals surface area contributed by atoms with Gasteiger partial charge in [0.2, 0.25) is 5.95 Å². The lowest BCUT2D eigenvalue weighted by atomic mass is 10.1. The first-order chi connectivity index (χ1) is 12.6. The van der Waals surface area contributed by atoms with Crippen LogP contribution in [0.2, 0.25) is 0 Å². The summed E-state index contributed by atoms with van der Waals surface area (Å²) in [6, 6.07) is 12.1. The van der Waals surface area contributed by atoms with Crippen LogP contribution in [0.5, 0.6) is 0 Å². The Morgan fingerprint density at radius 3 is 2.65 bits per heavy atom. The first-order valence-electron chi connectivity index (χ1n) is 8.92. The van der Waals surface area contributed by atoms with E-state index in [0.717, 1.165) is 42.8 Å². The van der Waals surface area contributed by atoms with E-state index in [1.807, 2.05) is 24.4 Å². The molecule has 0 amide bonds. The van der Waals surface area contributed by atoms with Crippen molar-refractivity contribution in [3.05, 3.63) is 48.2 Å². The van der Waals surface area contributed by atoms with Crippen molar-refractivity contribution < 1.29 is 0 Å². The van der Waals surface area contributed by atoms with Gasteiger partial charge in [-0.2, -0.15) is 0 Å². The Morgan fingerprint density at radius 1 is 1.04 bits per heavy atom. The fraction of sp³-hybridized carbons (Fsp3) is 0.300. The van der Waals surface area contributed by atoms with Crippen molar-refractivity contribution in [3.8, 4) is 0 Å². The Kier molecular flexibility index (Phi) is 4.34. The van der Waals surface area contributed by atoms with Crippen LogP contribution in [-0.2, 0) is 0 Å². The van der Waals surface area contributed by atoms with E-state index in [1.54, 1.807) is 0 Å². The van der Waals surface area contributed by atoms with Crippen molar-refractivity contribution in [1.82, 2.24) is 14.9 Å². The van der Waals surface area contributed by atoms with E-state index in [9.17, 15) is 0 Å². The predicted octanol–water partition coefficient (Wildman–Crippen LogP) is 3.02. The number of nitrogens with one attached hydrogen (secondary N) is 1. The maximum Gasteiger partial charge on any atom is 0.227 e. The predicted molar refractivity (Wildman–Crippen MR) is 108 cm³/mol. The number of nitrogens with zero attached hydrogens (tertiary/aromatic N) is 4. The number of aryl methyl sites for hydroxylation is 1. The van der Waals surface area contributed by atoms with E-state index >= 15 is 0 Å². The number of benzene rings is 2. The van der Waals surface area contributed by atoms with Gasteiger partial charge in [-0.15, -0.1) is 0 Å². The first kappa shape index (κ1) is 16.6. The molecule has 1 aliphatic heterocycles. The molecule has 0 unspecified atom stereocenters. The summed E-state index contributed by atoms with van der Waals surface area (Å²) in [7, 11) is 2.17. The molecule has 4 rings (SSSR count). The van der Waals surface area contributed by atoms with Crippen LogP contribution < -0.4 is 16.0 Å². The summed E-state index contributed by atoms with van der Waals surface area (Å²) in [6.45, 7) is 6.30. The summed E-state index contributed by atoms with van der Waals surface area (Å²) in [5.41, 5.74) is 10.9. The van der Waals surface area contributed by atoms with Crippen molar-refractivity contribution in [3.63, 3.8) is 0 Å². The van der Waals surface area contributed by atoms with Gasteiger partial charge < -0.3 is 20.9 Å². The lowest BCUT2D eigenvalue weighted by Crippen LogP contribution is -2.44. The van der Waals surface area contributed by atoms with Crippen LogP contribution in [0.25, 0.3) is 10.9 Å². The van der Waals surface area contributed by atoms with Gasteiger partial charge in [0, 0.05) is 43.4 Å². The van der Waals surface area contributed by atoms with E-state index in [4.69, 9.17) is 5.73 Å². The Morgan fingerprint density at radius 2 is 1.85 bits per heavy atom. The van der Waals surface area contributed by atoms with Gasteiger partial charge >= 0.3 is 0 Å². The summed E-state index contributed by atoms with van der Waals surface area (Å²) >= 11 is 0. The molecule has 2 aromatic carbocycles. The van der Waals surface area contributed by atoms with E-state index in [0.29, 0.717) is 11.6 Å². The van der Waals surface area contributed by atoms with Gasteiger partial charge in [0.05, 0.1) is 16.9 Å². The molecule has 2 heterocycles. The van der Waals surface area contributed by atoms with E-state index in [-0.39, 0.29) is 0 Å². The number of rotatable bonds is 3. The molecule has 0 aliphatic carbocycles. The topological polar surface area (TPSA) is 70.3 Å². The van der Waals surface area contributed by atoms with E-state index < -0.39 is 0 Å². The van der Waals surface area contributed by atoms with E-state index in [2.05, 4.69) is 57.3 Å². The van der Waals surface area contributed by atoms with Gasteiger partial charge in [-0.25, -0.2) is 9.97 Å². The molecule has 0 saturated carbocycles. The monoisotopic (exact) mass is 348 g/mol. The van der Waals surface area contributed by atoms with Crippen molar-refractivity contribution in [2.24, 2.45) is 0 Å². The molecule has 0 radical (unpaired) electrons. The molecular weight excluding hydrogens is 324 g/mol. The van der Waals surface area contributed by atoms with Gasteiger partial charge in [-0.3, -0.25) is 0 Å². The third kappa shape index (κ3) is 3.41. The minimum Gasteiger partial charge on any atom is -0.399 e. The van der Waals surface area contributed by atoms with Gasteiger partial charge in [0.25, 0.3) is 0 Å².